The Hall–Kier alpha value is -0.710. The first-order valence-corrected chi connectivity index (χ1v) is 8.05. The van der Waals surface area contributed by atoms with Gasteiger partial charge in [-0.05, 0) is 60.5 Å². The summed E-state index contributed by atoms with van der Waals surface area (Å²) in [6, 6.07) is 11.1. The van der Waals surface area contributed by atoms with E-state index in [1.807, 2.05) is 32.0 Å². The van der Waals surface area contributed by atoms with Gasteiger partial charge in [0.1, 0.15) is 5.82 Å². The molecular weight excluding hydrogens is 385 g/mol. The predicted octanol–water partition coefficient (Wildman–Crippen LogP) is 5.36. The summed E-state index contributed by atoms with van der Waals surface area (Å²) in [7, 11) is 0. The second-order valence-corrected chi connectivity index (χ2v) is 6.49. The van der Waals surface area contributed by atoms with Crippen LogP contribution in [0.2, 0.25) is 0 Å². The topological polar surface area (TPSA) is 12.0 Å². The molecule has 0 aromatic heterocycles. The highest BCUT2D eigenvalue weighted by Gasteiger charge is 2.17. The van der Waals surface area contributed by atoms with Crippen LogP contribution in [0.4, 0.5) is 4.39 Å². The third-order valence-electron chi connectivity index (χ3n) is 3.08. The fraction of sp³-hybridized carbons (Fsp3) is 0.250. The normalized spacial score (nSPS) is 12.4. The highest BCUT2D eigenvalue weighted by molar-refractivity contribution is 9.11. The van der Waals surface area contributed by atoms with E-state index in [4.69, 9.17) is 0 Å². The third kappa shape index (κ3) is 3.68. The third-order valence-corrected chi connectivity index (χ3v) is 4.29. The van der Waals surface area contributed by atoms with Gasteiger partial charge in [-0.25, -0.2) is 4.39 Å². The maximum atomic E-state index is 13.7. The van der Waals surface area contributed by atoms with Crippen LogP contribution in [0.5, 0.6) is 0 Å². The van der Waals surface area contributed by atoms with Crippen molar-refractivity contribution in [1.82, 2.24) is 5.32 Å². The molecule has 0 fully saturated rings. The molecule has 0 bridgehead atoms. The van der Waals surface area contributed by atoms with Gasteiger partial charge in [0, 0.05) is 8.95 Å². The number of rotatable bonds is 4. The molecule has 0 heterocycles. The second-order valence-electron chi connectivity index (χ2n) is 4.72. The minimum Gasteiger partial charge on any atom is -0.306 e. The molecule has 1 atom stereocenters. The first kappa shape index (κ1) is 15.7. The molecule has 0 saturated carbocycles. The Balaban J connectivity index is 2.52. The molecule has 2 rings (SSSR count). The summed E-state index contributed by atoms with van der Waals surface area (Å²) in [4.78, 5) is 0. The van der Waals surface area contributed by atoms with E-state index in [9.17, 15) is 4.39 Å². The number of hydrogen-bond acceptors (Lipinski definition) is 1. The SMILES string of the molecule is CCNC(c1cc(C)cc(F)c1)c1cc(Br)ccc1Br. The van der Waals surface area contributed by atoms with Gasteiger partial charge in [-0.3, -0.25) is 0 Å². The lowest BCUT2D eigenvalue weighted by molar-refractivity contribution is 0.601. The van der Waals surface area contributed by atoms with E-state index in [1.165, 1.54) is 0 Å². The molecule has 0 aliphatic rings. The van der Waals surface area contributed by atoms with E-state index in [-0.39, 0.29) is 11.9 Å². The predicted molar refractivity (Wildman–Crippen MR) is 88.5 cm³/mol. The second kappa shape index (κ2) is 6.83. The molecule has 1 unspecified atom stereocenters. The van der Waals surface area contributed by atoms with Crippen molar-refractivity contribution in [3.05, 3.63) is 67.9 Å². The number of halogens is 3. The molecular formula is C16H16Br2FN. The van der Waals surface area contributed by atoms with Crippen molar-refractivity contribution < 1.29 is 4.39 Å². The van der Waals surface area contributed by atoms with E-state index in [0.717, 1.165) is 32.2 Å². The van der Waals surface area contributed by atoms with Crippen molar-refractivity contribution >= 4 is 31.9 Å². The summed E-state index contributed by atoms with van der Waals surface area (Å²) in [6.45, 7) is 4.76. The zero-order chi connectivity index (χ0) is 14.7. The minimum atomic E-state index is -0.200. The standard InChI is InChI=1S/C16H16Br2FN/c1-3-20-16(11-6-10(2)7-13(19)8-11)14-9-12(17)4-5-15(14)18/h4-9,16,20H,3H2,1-2H3. The Morgan fingerprint density at radius 1 is 1.15 bits per heavy atom. The Labute approximate surface area is 135 Å². The van der Waals surface area contributed by atoms with Crippen molar-refractivity contribution in [2.45, 2.75) is 19.9 Å². The number of nitrogens with one attached hydrogen (secondary N) is 1. The molecule has 2 aromatic rings. The number of hydrogen-bond donors (Lipinski definition) is 1. The molecule has 0 saturated heterocycles. The largest absolute Gasteiger partial charge is 0.306 e. The van der Waals surface area contributed by atoms with Gasteiger partial charge < -0.3 is 5.32 Å². The monoisotopic (exact) mass is 399 g/mol. The van der Waals surface area contributed by atoms with Crippen LogP contribution in [0, 0.1) is 12.7 Å². The van der Waals surface area contributed by atoms with E-state index < -0.39 is 0 Å². The van der Waals surface area contributed by atoms with Crippen LogP contribution in [0.1, 0.15) is 29.7 Å². The van der Waals surface area contributed by atoms with Gasteiger partial charge in [0.2, 0.25) is 0 Å². The van der Waals surface area contributed by atoms with E-state index in [0.29, 0.717) is 0 Å². The lowest BCUT2D eigenvalue weighted by atomic mass is 9.97. The van der Waals surface area contributed by atoms with Gasteiger partial charge in [-0.2, -0.15) is 0 Å². The van der Waals surface area contributed by atoms with E-state index in [1.54, 1.807) is 12.1 Å². The van der Waals surface area contributed by atoms with Gasteiger partial charge >= 0.3 is 0 Å². The van der Waals surface area contributed by atoms with Gasteiger partial charge in [-0.15, -0.1) is 0 Å². The van der Waals surface area contributed by atoms with E-state index >= 15 is 0 Å². The minimum absolute atomic E-state index is 0.0405. The quantitative estimate of drug-likeness (QED) is 0.728. The summed E-state index contributed by atoms with van der Waals surface area (Å²) in [5.74, 6) is -0.200. The summed E-state index contributed by atoms with van der Waals surface area (Å²) in [6.07, 6.45) is 0. The molecule has 0 amide bonds. The average Bonchev–Trinajstić information content (AvgIpc) is 2.38. The van der Waals surface area contributed by atoms with Crippen molar-refractivity contribution in [3.8, 4) is 0 Å². The molecule has 106 valence electrons. The average molecular weight is 401 g/mol. The zero-order valence-electron chi connectivity index (χ0n) is 11.4. The Kier molecular flexibility index (Phi) is 5.35. The molecule has 2 aromatic carbocycles. The highest BCUT2D eigenvalue weighted by Crippen LogP contribution is 2.31. The highest BCUT2D eigenvalue weighted by atomic mass is 79.9. The fourth-order valence-corrected chi connectivity index (χ4v) is 3.13. The molecule has 0 radical (unpaired) electrons. The summed E-state index contributed by atoms with van der Waals surface area (Å²) in [5, 5.41) is 3.42. The molecule has 4 heteroatoms. The Morgan fingerprint density at radius 3 is 2.55 bits per heavy atom. The van der Waals surface area contributed by atoms with Crippen molar-refractivity contribution in [2.24, 2.45) is 0 Å². The molecule has 1 nitrogen and oxygen atoms in total. The maximum absolute atomic E-state index is 13.7. The summed E-state index contributed by atoms with van der Waals surface area (Å²) >= 11 is 7.08. The lowest BCUT2D eigenvalue weighted by Gasteiger charge is -2.21. The van der Waals surface area contributed by atoms with Crippen LogP contribution >= 0.6 is 31.9 Å². The summed E-state index contributed by atoms with van der Waals surface area (Å²) in [5.41, 5.74) is 2.95. The molecule has 0 aliphatic carbocycles. The van der Waals surface area contributed by atoms with Crippen LogP contribution in [0.25, 0.3) is 0 Å². The van der Waals surface area contributed by atoms with Crippen LogP contribution in [0.3, 0.4) is 0 Å². The zero-order valence-corrected chi connectivity index (χ0v) is 14.6. The van der Waals surface area contributed by atoms with E-state index in [2.05, 4.69) is 43.2 Å². The maximum Gasteiger partial charge on any atom is 0.123 e. The number of aryl methyl sites for hydroxylation is 1. The molecule has 0 aliphatic heterocycles. The Bertz CT molecular complexity index is 593. The van der Waals surface area contributed by atoms with Gasteiger partial charge in [-0.1, -0.05) is 44.8 Å². The van der Waals surface area contributed by atoms with Gasteiger partial charge in [0.15, 0.2) is 0 Å². The van der Waals surface area contributed by atoms with Crippen molar-refractivity contribution in [1.29, 1.82) is 0 Å². The smallest absolute Gasteiger partial charge is 0.123 e. The van der Waals surface area contributed by atoms with Crippen molar-refractivity contribution in [2.75, 3.05) is 6.54 Å². The first-order valence-electron chi connectivity index (χ1n) is 6.46. The fourth-order valence-electron chi connectivity index (χ4n) is 2.28. The summed E-state index contributed by atoms with van der Waals surface area (Å²) < 4.78 is 15.7. The van der Waals surface area contributed by atoms with Crippen LogP contribution in [-0.2, 0) is 0 Å². The molecule has 1 N–H and O–H groups in total. The Morgan fingerprint density at radius 2 is 1.90 bits per heavy atom. The molecule has 20 heavy (non-hydrogen) atoms. The van der Waals surface area contributed by atoms with Crippen LogP contribution < -0.4 is 5.32 Å². The van der Waals surface area contributed by atoms with Gasteiger partial charge in [0.05, 0.1) is 6.04 Å². The van der Waals surface area contributed by atoms with Crippen molar-refractivity contribution in [3.63, 3.8) is 0 Å². The van der Waals surface area contributed by atoms with Gasteiger partial charge in [0.25, 0.3) is 0 Å². The van der Waals surface area contributed by atoms with Crippen LogP contribution in [-0.4, -0.2) is 6.54 Å². The lowest BCUT2D eigenvalue weighted by Crippen LogP contribution is -2.22. The first-order chi connectivity index (χ1) is 9.51. The number of benzene rings is 2. The molecule has 0 spiro atoms. The van der Waals surface area contributed by atoms with Crippen LogP contribution in [0.15, 0.2) is 45.3 Å².